The molecule has 8 heteroatoms. The first-order chi connectivity index (χ1) is 16.1. The monoisotopic (exact) mass is 502 g/mol. The van der Waals surface area contributed by atoms with Crippen molar-refractivity contribution in [3.05, 3.63) is 120 Å². The Labute approximate surface area is 200 Å². The van der Waals surface area contributed by atoms with E-state index < -0.39 is 32.8 Å². The van der Waals surface area contributed by atoms with Crippen molar-refractivity contribution in [1.82, 2.24) is 0 Å². The van der Waals surface area contributed by atoms with E-state index in [2.05, 4.69) is 0 Å². The molecule has 3 nitrogen and oxygen atoms in total. The van der Waals surface area contributed by atoms with Crippen LogP contribution >= 0.6 is 0 Å². The van der Waals surface area contributed by atoms with Crippen LogP contribution in [0.25, 0.3) is 0 Å². The van der Waals surface area contributed by atoms with E-state index in [1.807, 2.05) is 67.6 Å². The minimum absolute atomic E-state index is 0.178. The second kappa shape index (κ2) is 10.9. The summed E-state index contributed by atoms with van der Waals surface area (Å²) in [4.78, 5) is 2.86. The molecule has 0 heterocycles. The lowest BCUT2D eigenvalue weighted by atomic mass is 10.2. The first kappa shape index (κ1) is 25.6. The van der Waals surface area contributed by atoms with Gasteiger partial charge in [-0.05, 0) is 67.6 Å². The third-order valence-corrected chi connectivity index (χ3v) is 7.77. The molecule has 0 amide bonds. The van der Waals surface area contributed by atoms with Gasteiger partial charge in [-0.3, -0.25) is 0 Å². The molecule has 0 radical (unpaired) electrons. The highest BCUT2D eigenvalue weighted by Gasteiger charge is 2.33. The summed E-state index contributed by atoms with van der Waals surface area (Å²) in [5.41, 5.74) is 0.309. The van der Waals surface area contributed by atoms with Gasteiger partial charge in [0.05, 0.1) is 21.4 Å². The molecule has 0 spiro atoms. The fourth-order valence-electron chi connectivity index (χ4n) is 3.01. The van der Waals surface area contributed by atoms with Crippen molar-refractivity contribution < 1.29 is 26.1 Å². The molecule has 0 aliphatic rings. The smallest absolute Gasteiger partial charge is 0.416 e. The minimum atomic E-state index is -4.31. The third kappa shape index (κ3) is 6.96. The lowest BCUT2D eigenvalue weighted by Crippen LogP contribution is -2.07. The van der Waals surface area contributed by atoms with Crippen LogP contribution in [0.1, 0.15) is 11.1 Å². The molecule has 34 heavy (non-hydrogen) atoms. The molecule has 4 aromatic rings. The lowest BCUT2D eigenvalue weighted by Gasteiger charge is -2.10. The number of halogens is 3. The second-order valence-corrected chi connectivity index (χ2v) is 10.6. The van der Waals surface area contributed by atoms with Crippen LogP contribution in [0.3, 0.4) is 0 Å². The largest absolute Gasteiger partial charge is 0.744 e. The van der Waals surface area contributed by atoms with Crippen LogP contribution in [0.2, 0.25) is 0 Å². The van der Waals surface area contributed by atoms with Crippen molar-refractivity contribution >= 4 is 21.0 Å². The average Bonchev–Trinajstić information content (AvgIpc) is 2.81. The average molecular weight is 503 g/mol. The first-order valence-corrected chi connectivity index (χ1v) is 12.7. The van der Waals surface area contributed by atoms with E-state index in [4.69, 9.17) is 0 Å². The summed E-state index contributed by atoms with van der Waals surface area (Å²) in [6.07, 6.45) is -4.31. The minimum Gasteiger partial charge on any atom is -0.744 e. The van der Waals surface area contributed by atoms with E-state index in [9.17, 15) is 26.1 Å². The fraction of sp³-hybridized carbons (Fsp3) is 0.0769. The van der Waals surface area contributed by atoms with Crippen LogP contribution in [0.5, 0.6) is 0 Å². The van der Waals surface area contributed by atoms with E-state index in [0.717, 1.165) is 32.4 Å². The summed E-state index contributed by atoms with van der Waals surface area (Å²) >= 11 is 0. The standard InChI is InChI=1S/C19H14F3S.C7H8O3S/c20-19(21,22)15-11-13-18(14-12-15)23(16-7-3-1-4-8-16)17-9-5-2-6-10-17;1-6-2-4-7(5-3-6)11(8,9)10/h1-14H;2-5H,1H3,(H,8,9,10)/q+1;/p-1. The van der Waals surface area contributed by atoms with Crippen LogP contribution in [-0.2, 0) is 27.2 Å². The molecular formula is C26H21F3O3S2. The van der Waals surface area contributed by atoms with Gasteiger partial charge in [0.15, 0.2) is 14.7 Å². The molecule has 176 valence electrons. The molecule has 0 bridgehead atoms. The number of alkyl halides is 3. The van der Waals surface area contributed by atoms with Gasteiger partial charge >= 0.3 is 6.18 Å². The number of rotatable bonds is 4. The van der Waals surface area contributed by atoms with E-state index in [0.29, 0.717) is 0 Å². The van der Waals surface area contributed by atoms with Crippen LogP contribution < -0.4 is 0 Å². The summed E-state index contributed by atoms with van der Waals surface area (Å²) < 4.78 is 69.5. The Hall–Kier alpha value is -3.07. The predicted octanol–water partition coefficient (Wildman–Crippen LogP) is 6.70. The summed E-state index contributed by atoms with van der Waals surface area (Å²) in [5, 5.41) is 0. The molecule has 0 saturated heterocycles. The third-order valence-electron chi connectivity index (χ3n) is 4.68. The van der Waals surface area contributed by atoms with Gasteiger partial charge in [0, 0.05) is 0 Å². The zero-order chi connectivity index (χ0) is 24.8. The molecule has 4 rings (SSSR count). The van der Waals surface area contributed by atoms with E-state index in [1.165, 1.54) is 12.1 Å². The van der Waals surface area contributed by atoms with Gasteiger partial charge in [0.2, 0.25) is 0 Å². The summed E-state index contributed by atoms with van der Waals surface area (Å²) in [5.74, 6) is 0. The normalized spacial score (nSPS) is 11.6. The van der Waals surface area contributed by atoms with Crippen LogP contribution in [0, 0.1) is 6.92 Å². The highest BCUT2D eigenvalue weighted by atomic mass is 32.2. The predicted molar refractivity (Wildman–Crippen MR) is 126 cm³/mol. The lowest BCUT2D eigenvalue weighted by molar-refractivity contribution is -0.137. The maximum Gasteiger partial charge on any atom is 0.416 e. The highest BCUT2D eigenvalue weighted by Crippen LogP contribution is 2.34. The van der Waals surface area contributed by atoms with Crippen LogP contribution in [0.4, 0.5) is 13.2 Å². The van der Waals surface area contributed by atoms with E-state index in [1.54, 1.807) is 24.3 Å². The molecule has 0 fully saturated rings. The Morgan fingerprint density at radius 1 is 0.647 bits per heavy atom. The van der Waals surface area contributed by atoms with Crippen molar-refractivity contribution in [2.75, 3.05) is 0 Å². The van der Waals surface area contributed by atoms with Crippen molar-refractivity contribution in [3.8, 4) is 0 Å². The van der Waals surface area contributed by atoms with Gasteiger partial charge < -0.3 is 4.55 Å². The van der Waals surface area contributed by atoms with Crippen LogP contribution in [-0.4, -0.2) is 13.0 Å². The topological polar surface area (TPSA) is 57.2 Å². The van der Waals surface area contributed by atoms with Gasteiger partial charge in [0.25, 0.3) is 0 Å². The van der Waals surface area contributed by atoms with Crippen molar-refractivity contribution in [3.63, 3.8) is 0 Å². The van der Waals surface area contributed by atoms with Crippen LogP contribution in [0.15, 0.2) is 129 Å². The maximum atomic E-state index is 12.8. The SMILES string of the molecule is Cc1ccc(S(=O)(=O)[O-])cc1.FC(F)(F)c1ccc([S+](c2ccccc2)c2ccccc2)cc1. The molecule has 0 aliphatic carbocycles. The molecule has 0 saturated carbocycles. The number of aryl methyl sites for hydroxylation is 1. The molecule has 0 unspecified atom stereocenters. The quantitative estimate of drug-likeness (QED) is 0.230. The Kier molecular flexibility index (Phi) is 8.19. The first-order valence-electron chi connectivity index (χ1n) is 10.1. The van der Waals surface area contributed by atoms with Crippen molar-refractivity contribution in [2.24, 2.45) is 0 Å². The van der Waals surface area contributed by atoms with Crippen molar-refractivity contribution in [1.29, 1.82) is 0 Å². The Balaban J connectivity index is 0.000000248. The Morgan fingerprint density at radius 3 is 1.44 bits per heavy atom. The van der Waals surface area contributed by atoms with Gasteiger partial charge in [-0.15, -0.1) is 0 Å². The molecular weight excluding hydrogens is 481 g/mol. The summed E-state index contributed by atoms with van der Waals surface area (Å²) in [6, 6.07) is 30.9. The molecule has 4 aromatic carbocycles. The van der Waals surface area contributed by atoms with Gasteiger partial charge in [-0.25, -0.2) is 8.42 Å². The second-order valence-electron chi connectivity index (χ2n) is 7.22. The summed E-state index contributed by atoms with van der Waals surface area (Å²) in [7, 11) is -4.69. The number of hydrogen-bond donors (Lipinski definition) is 0. The van der Waals surface area contributed by atoms with E-state index >= 15 is 0 Å². The fourth-order valence-corrected chi connectivity index (χ4v) is 5.56. The number of benzene rings is 4. The van der Waals surface area contributed by atoms with Crippen molar-refractivity contribution in [2.45, 2.75) is 32.7 Å². The molecule has 0 aliphatic heterocycles. The van der Waals surface area contributed by atoms with E-state index in [-0.39, 0.29) is 4.90 Å². The zero-order valence-corrected chi connectivity index (χ0v) is 19.7. The zero-order valence-electron chi connectivity index (χ0n) is 18.1. The maximum absolute atomic E-state index is 12.8. The summed E-state index contributed by atoms with van der Waals surface area (Å²) in [6.45, 7) is 1.82. The van der Waals surface area contributed by atoms with Gasteiger partial charge in [-0.1, -0.05) is 54.1 Å². The highest BCUT2D eigenvalue weighted by molar-refractivity contribution is 7.97. The number of hydrogen-bond acceptors (Lipinski definition) is 3. The molecule has 0 N–H and O–H groups in total. The Morgan fingerprint density at radius 2 is 1.06 bits per heavy atom. The molecule has 0 atom stereocenters. The Bertz CT molecular complexity index is 1250. The van der Waals surface area contributed by atoms with Gasteiger partial charge in [0.1, 0.15) is 10.1 Å². The molecule has 0 aromatic heterocycles. The van der Waals surface area contributed by atoms with Gasteiger partial charge in [-0.2, -0.15) is 13.2 Å².